The lowest BCUT2D eigenvalue weighted by molar-refractivity contribution is 0.110. The molecule has 52 heavy (non-hydrogen) atoms. The first-order valence-corrected chi connectivity index (χ1v) is 15.9. The molecule has 0 radical (unpaired) electrons. The quantitative estimate of drug-likeness (QED) is 0.119. The number of hydrogen-bond donors (Lipinski definition) is 0. The van der Waals surface area contributed by atoms with Crippen LogP contribution in [-0.4, -0.2) is 88.1 Å². The van der Waals surface area contributed by atoms with Crippen LogP contribution < -0.4 is 28.4 Å². The van der Waals surface area contributed by atoms with Crippen molar-refractivity contribution < 1.29 is 28.4 Å². The summed E-state index contributed by atoms with van der Waals surface area (Å²) < 4.78 is 33.2. The number of halogens is 4. The van der Waals surface area contributed by atoms with E-state index in [2.05, 4.69) is 50.0 Å². The lowest BCUT2D eigenvalue weighted by Crippen LogP contribution is -2.44. The first-order chi connectivity index (χ1) is 23.4. The van der Waals surface area contributed by atoms with Crippen molar-refractivity contribution in [2.45, 2.75) is 32.0 Å². The van der Waals surface area contributed by atoms with Crippen molar-refractivity contribution in [3.8, 4) is 69.4 Å². The van der Waals surface area contributed by atoms with Crippen molar-refractivity contribution in [3.05, 3.63) is 72.1 Å². The summed E-state index contributed by atoms with van der Waals surface area (Å²) in [5.41, 5.74) is 5.80. The second kappa shape index (κ2) is 22.3. The number of nitrogens with zero attached hydrogens (tertiary/aromatic N) is 4. The fourth-order valence-corrected chi connectivity index (χ4v) is 6.29. The zero-order valence-electron chi connectivity index (χ0n) is 30.2. The van der Waals surface area contributed by atoms with Crippen molar-refractivity contribution in [2.75, 3.05) is 62.3 Å². The summed E-state index contributed by atoms with van der Waals surface area (Å²) in [5, 5.41) is 0. The number of ether oxygens (including phenoxy) is 6. The Bertz CT molecular complexity index is 1700. The largest absolute Gasteiger partial charge is 0.493 e. The van der Waals surface area contributed by atoms with Crippen LogP contribution in [0.25, 0.3) is 22.5 Å². The van der Waals surface area contributed by atoms with Gasteiger partial charge in [0, 0.05) is 42.7 Å². The van der Waals surface area contributed by atoms with E-state index in [1.165, 1.54) is 5.56 Å². The Morgan fingerprint density at radius 1 is 0.654 bits per heavy atom. The normalized spacial score (nSPS) is 12.5. The Balaban J connectivity index is 0.00000338. The summed E-state index contributed by atoms with van der Waals surface area (Å²) in [7, 11) is 9.65. The van der Waals surface area contributed by atoms with Crippen LogP contribution in [0.1, 0.15) is 24.0 Å². The van der Waals surface area contributed by atoms with Gasteiger partial charge in [-0.2, -0.15) is 0 Å². The number of pyridine rings is 2. The topological polar surface area (TPSA) is 87.6 Å². The van der Waals surface area contributed by atoms with Crippen LogP contribution in [0, 0.1) is 12.3 Å². The third kappa shape index (κ3) is 10.9. The lowest BCUT2D eigenvalue weighted by Gasteiger charge is -2.38. The third-order valence-electron chi connectivity index (χ3n) is 8.73. The molecule has 14 heteroatoms. The highest BCUT2D eigenvalue weighted by molar-refractivity contribution is 5.86. The Kier molecular flexibility index (Phi) is 19.8. The van der Waals surface area contributed by atoms with Gasteiger partial charge >= 0.3 is 0 Å². The summed E-state index contributed by atoms with van der Waals surface area (Å²) >= 11 is 0. The molecule has 10 nitrogen and oxygen atoms in total. The summed E-state index contributed by atoms with van der Waals surface area (Å²) in [6.07, 6.45) is 11.6. The Morgan fingerprint density at radius 2 is 1.08 bits per heavy atom. The van der Waals surface area contributed by atoms with E-state index in [1.807, 2.05) is 36.7 Å². The number of aromatic nitrogens is 2. The highest BCUT2D eigenvalue weighted by atomic mass is 35.5. The van der Waals surface area contributed by atoms with Crippen molar-refractivity contribution >= 4 is 49.6 Å². The Morgan fingerprint density at radius 3 is 1.48 bits per heavy atom. The summed E-state index contributed by atoms with van der Waals surface area (Å²) in [6, 6.07) is 16.4. The number of rotatable bonds is 14. The van der Waals surface area contributed by atoms with Gasteiger partial charge in [0.15, 0.2) is 23.0 Å². The maximum Gasteiger partial charge on any atom is 0.203 e. The Hall–Kier alpha value is -3.82. The number of piperidine rings is 1. The number of terminal acetylenes is 1. The molecule has 4 aromatic rings. The average Bonchev–Trinajstić information content (AvgIpc) is 3.13. The summed E-state index contributed by atoms with van der Waals surface area (Å²) in [4.78, 5) is 14.2. The standard InChI is InChI=1S/C38H44N4O6.4ClH/c1-8-15-42(25-27-10-14-40-32(19-27)29-22-35(45-4)38(48-7)36(23-29)46-5)30-11-16-41(17-12-30)24-26-9-13-39-31(18-26)28-20-33(43-2)37(47-6)34(21-28)44-3;;;;/h1,9-10,13-14,18-23,30H,11-12,15-17,24-25H2,2-7H3;4*1H. The molecule has 284 valence electrons. The Labute approximate surface area is 332 Å². The van der Waals surface area contributed by atoms with Gasteiger partial charge < -0.3 is 28.4 Å². The SMILES string of the molecule is C#CCN(Cc1ccnc(-c2cc(OC)c(OC)c(OC)c2)c1)C1CCN(Cc2ccnc(-c3cc(OC)c(OC)c(OC)c3)c2)CC1.Cl.Cl.Cl.Cl. The van der Waals surface area contributed by atoms with Gasteiger partial charge in [0.25, 0.3) is 0 Å². The van der Waals surface area contributed by atoms with Crippen molar-refractivity contribution in [2.24, 2.45) is 0 Å². The number of methoxy groups -OCH3 is 6. The highest BCUT2D eigenvalue weighted by Gasteiger charge is 2.25. The van der Waals surface area contributed by atoms with Gasteiger partial charge in [0.2, 0.25) is 11.5 Å². The molecule has 0 atom stereocenters. The van der Waals surface area contributed by atoms with Gasteiger partial charge in [-0.1, -0.05) is 5.92 Å². The molecular weight excluding hydrogens is 750 g/mol. The molecule has 0 bridgehead atoms. The van der Waals surface area contributed by atoms with E-state index in [0.29, 0.717) is 47.1 Å². The van der Waals surface area contributed by atoms with Crippen LogP contribution in [0.5, 0.6) is 34.5 Å². The second-order valence-electron chi connectivity index (χ2n) is 11.5. The predicted molar refractivity (Wildman–Crippen MR) is 215 cm³/mol. The van der Waals surface area contributed by atoms with Gasteiger partial charge in [-0.3, -0.25) is 19.8 Å². The molecule has 0 spiro atoms. The van der Waals surface area contributed by atoms with Crippen molar-refractivity contribution in [3.63, 3.8) is 0 Å². The van der Waals surface area contributed by atoms with Gasteiger partial charge in [-0.05, 0) is 85.6 Å². The summed E-state index contributed by atoms with van der Waals surface area (Å²) in [6.45, 7) is 4.10. The maximum absolute atomic E-state index is 5.86. The van der Waals surface area contributed by atoms with Crippen LogP contribution in [0.3, 0.4) is 0 Å². The highest BCUT2D eigenvalue weighted by Crippen LogP contribution is 2.42. The molecule has 2 aromatic heterocycles. The van der Waals surface area contributed by atoms with Gasteiger partial charge in [-0.25, -0.2) is 0 Å². The number of likely N-dealkylation sites (tertiary alicyclic amines) is 1. The van der Waals surface area contributed by atoms with E-state index < -0.39 is 0 Å². The maximum atomic E-state index is 5.86. The van der Waals surface area contributed by atoms with Crippen molar-refractivity contribution in [1.29, 1.82) is 0 Å². The molecule has 0 N–H and O–H groups in total. The van der Waals surface area contributed by atoms with Crippen LogP contribution >= 0.6 is 49.6 Å². The van der Waals surface area contributed by atoms with E-state index in [-0.39, 0.29) is 49.6 Å². The van der Waals surface area contributed by atoms with E-state index in [9.17, 15) is 0 Å². The van der Waals surface area contributed by atoms with Crippen LogP contribution in [-0.2, 0) is 13.1 Å². The minimum atomic E-state index is 0. The molecule has 0 unspecified atom stereocenters. The summed E-state index contributed by atoms with van der Waals surface area (Å²) in [5.74, 6) is 6.37. The molecule has 5 rings (SSSR count). The second-order valence-corrected chi connectivity index (χ2v) is 11.5. The monoisotopic (exact) mass is 796 g/mol. The zero-order valence-corrected chi connectivity index (χ0v) is 33.5. The fraction of sp³-hybridized carbons (Fsp3) is 0.368. The average molecular weight is 799 g/mol. The minimum Gasteiger partial charge on any atom is -0.493 e. The minimum absolute atomic E-state index is 0. The lowest BCUT2D eigenvalue weighted by atomic mass is 10.0. The molecular formula is C38H48Cl4N4O6. The molecule has 1 aliphatic rings. The molecule has 2 aromatic carbocycles. The molecule has 1 aliphatic heterocycles. The van der Waals surface area contributed by atoms with E-state index in [0.717, 1.165) is 67.1 Å². The fourth-order valence-electron chi connectivity index (χ4n) is 6.29. The molecule has 0 saturated carbocycles. The molecule has 0 amide bonds. The number of hydrogen-bond acceptors (Lipinski definition) is 10. The third-order valence-corrected chi connectivity index (χ3v) is 8.73. The van der Waals surface area contributed by atoms with E-state index >= 15 is 0 Å². The molecule has 1 saturated heterocycles. The van der Waals surface area contributed by atoms with Crippen LogP contribution in [0.4, 0.5) is 0 Å². The van der Waals surface area contributed by atoms with Gasteiger partial charge in [0.05, 0.1) is 60.6 Å². The van der Waals surface area contributed by atoms with Crippen molar-refractivity contribution in [1.82, 2.24) is 19.8 Å². The first kappa shape index (κ1) is 46.2. The zero-order chi connectivity index (χ0) is 34.0. The first-order valence-electron chi connectivity index (χ1n) is 15.9. The van der Waals surface area contributed by atoms with E-state index in [4.69, 9.17) is 34.8 Å². The predicted octanol–water partition coefficient (Wildman–Crippen LogP) is 7.65. The van der Waals surface area contributed by atoms with Crippen LogP contribution in [0.2, 0.25) is 0 Å². The van der Waals surface area contributed by atoms with Crippen LogP contribution in [0.15, 0.2) is 60.9 Å². The smallest absolute Gasteiger partial charge is 0.203 e. The number of benzene rings is 2. The molecule has 1 fully saturated rings. The van der Waals surface area contributed by atoms with Gasteiger partial charge in [-0.15, -0.1) is 56.1 Å². The van der Waals surface area contributed by atoms with Gasteiger partial charge in [0.1, 0.15) is 0 Å². The molecule has 3 heterocycles. The van der Waals surface area contributed by atoms with E-state index in [1.54, 1.807) is 42.7 Å². The molecule has 0 aliphatic carbocycles.